The third-order valence-corrected chi connectivity index (χ3v) is 1.79. The lowest BCUT2D eigenvalue weighted by Crippen LogP contribution is -2.44. The maximum absolute atomic E-state index is 11.1. The zero-order valence-corrected chi connectivity index (χ0v) is 8.06. The number of hydrogen-bond donors (Lipinski definition) is 4. The molecule has 1 amide bonds. The summed E-state index contributed by atoms with van der Waals surface area (Å²) >= 11 is 0. The predicted octanol–water partition coefficient (Wildman–Crippen LogP) is -1.32. The van der Waals surface area contributed by atoms with E-state index >= 15 is 0 Å². The smallest absolute Gasteiger partial charge is 0.328 e. The average Bonchev–Trinajstić information content (AvgIpc) is 2.13. The van der Waals surface area contributed by atoms with Gasteiger partial charge in [0.1, 0.15) is 6.04 Å². The molecular formula is C8H16N2O4. The highest BCUT2D eigenvalue weighted by atomic mass is 16.4. The van der Waals surface area contributed by atoms with E-state index in [2.05, 4.69) is 5.32 Å². The number of carbonyl (C=O) groups is 2. The van der Waals surface area contributed by atoms with Gasteiger partial charge >= 0.3 is 5.97 Å². The van der Waals surface area contributed by atoms with Gasteiger partial charge in [-0.15, -0.1) is 0 Å². The molecule has 0 aromatic carbocycles. The van der Waals surface area contributed by atoms with Crippen molar-refractivity contribution in [3.63, 3.8) is 0 Å². The van der Waals surface area contributed by atoms with Crippen molar-refractivity contribution in [2.75, 3.05) is 6.61 Å². The van der Waals surface area contributed by atoms with Crippen LogP contribution in [0.3, 0.4) is 0 Å². The summed E-state index contributed by atoms with van der Waals surface area (Å²) in [5, 5.41) is 19.3. The topological polar surface area (TPSA) is 113 Å². The third-order valence-electron chi connectivity index (χ3n) is 1.79. The average molecular weight is 204 g/mol. The highest BCUT2D eigenvalue weighted by Crippen LogP contribution is 1.94. The first-order chi connectivity index (χ1) is 6.51. The number of amides is 1. The molecule has 6 nitrogen and oxygen atoms in total. The van der Waals surface area contributed by atoms with E-state index in [0.29, 0.717) is 6.42 Å². The Morgan fingerprint density at radius 2 is 2.07 bits per heavy atom. The number of aliphatic hydroxyl groups is 1. The first kappa shape index (κ1) is 12.9. The van der Waals surface area contributed by atoms with Crippen LogP contribution in [0.4, 0.5) is 0 Å². The maximum atomic E-state index is 11.1. The predicted molar refractivity (Wildman–Crippen MR) is 49.5 cm³/mol. The lowest BCUT2D eigenvalue weighted by Gasteiger charge is -2.13. The zero-order chi connectivity index (χ0) is 11.1. The van der Waals surface area contributed by atoms with Gasteiger partial charge in [-0.2, -0.15) is 0 Å². The van der Waals surface area contributed by atoms with E-state index in [1.54, 1.807) is 0 Å². The number of carboxylic acid groups (broad SMARTS) is 1. The maximum Gasteiger partial charge on any atom is 0.328 e. The first-order valence-corrected chi connectivity index (χ1v) is 4.39. The van der Waals surface area contributed by atoms with E-state index in [-0.39, 0.29) is 12.5 Å². The summed E-state index contributed by atoms with van der Waals surface area (Å²) in [4.78, 5) is 21.5. The second-order valence-electron chi connectivity index (χ2n) is 3.01. The SMILES string of the molecule is CCC(N)CC(=O)N[C@@H](CO)C(=O)O. The van der Waals surface area contributed by atoms with Crippen molar-refractivity contribution in [1.82, 2.24) is 5.32 Å². The molecule has 0 bridgehead atoms. The van der Waals surface area contributed by atoms with Gasteiger partial charge in [-0.1, -0.05) is 6.92 Å². The molecule has 0 radical (unpaired) electrons. The van der Waals surface area contributed by atoms with E-state index in [0.717, 1.165) is 0 Å². The Morgan fingerprint density at radius 1 is 1.50 bits per heavy atom. The van der Waals surface area contributed by atoms with Crippen molar-refractivity contribution in [3.8, 4) is 0 Å². The summed E-state index contributed by atoms with van der Waals surface area (Å²) in [7, 11) is 0. The summed E-state index contributed by atoms with van der Waals surface area (Å²) in [5.74, 6) is -1.72. The Kier molecular flexibility index (Phi) is 5.82. The molecule has 0 fully saturated rings. The van der Waals surface area contributed by atoms with E-state index in [9.17, 15) is 9.59 Å². The minimum Gasteiger partial charge on any atom is -0.480 e. The number of hydrogen-bond acceptors (Lipinski definition) is 4. The Hall–Kier alpha value is -1.14. The van der Waals surface area contributed by atoms with E-state index in [4.69, 9.17) is 15.9 Å². The molecule has 0 rings (SSSR count). The van der Waals surface area contributed by atoms with Crippen LogP contribution in [0.25, 0.3) is 0 Å². The monoisotopic (exact) mass is 204 g/mol. The second kappa shape index (κ2) is 6.33. The molecule has 1 unspecified atom stereocenters. The summed E-state index contributed by atoms with van der Waals surface area (Å²) < 4.78 is 0. The Morgan fingerprint density at radius 3 is 2.43 bits per heavy atom. The molecular weight excluding hydrogens is 188 g/mol. The van der Waals surface area contributed by atoms with Crippen LogP contribution < -0.4 is 11.1 Å². The van der Waals surface area contributed by atoms with Crippen LogP contribution in [0.5, 0.6) is 0 Å². The minimum atomic E-state index is -1.26. The van der Waals surface area contributed by atoms with Crippen molar-refractivity contribution in [2.24, 2.45) is 5.73 Å². The van der Waals surface area contributed by atoms with Crippen LogP contribution in [-0.2, 0) is 9.59 Å². The molecule has 0 aromatic heterocycles. The van der Waals surface area contributed by atoms with Crippen LogP contribution in [0, 0.1) is 0 Å². The molecule has 5 N–H and O–H groups in total. The van der Waals surface area contributed by atoms with Gasteiger partial charge in [0.2, 0.25) is 5.91 Å². The van der Waals surface area contributed by atoms with E-state index < -0.39 is 24.5 Å². The van der Waals surface area contributed by atoms with Crippen molar-refractivity contribution in [2.45, 2.75) is 31.8 Å². The number of nitrogens with two attached hydrogens (primary N) is 1. The third kappa shape index (κ3) is 4.78. The van der Waals surface area contributed by atoms with Crippen LogP contribution in [0.1, 0.15) is 19.8 Å². The molecule has 0 spiro atoms. The molecule has 0 heterocycles. The summed E-state index contributed by atoms with van der Waals surface area (Å²) in [6, 6.07) is -1.52. The van der Waals surface area contributed by atoms with E-state index in [1.165, 1.54) is 0 Å². The van der Waals surface area contributed by atoms with Crippen molar-refractivity contribution in [1.29, 1.82) is 0 Å². The quantitative estimate of drug-likeness (QED) is 0.428. The largest absolute Gasteiger partial charge is 0.480 e. The fourth-order valence-corrected chi connectivity index (χ4v) is 0.821. The second-order valence-corrected chi connectivity index (χ2v) is 3.01. The number of aliphatic hydroxyl groups excluding tert-OH is 1. The molecule has 0 saturated carbocycles. The minimum absolute atomic E-state index is 0.0697. The highest BCUT2D eigenvalue weighted by molar-refractivity contribution is 5.83. The molecule has 6 heteroatoms. The van der Waals surface area contributed by atoms with E-state index in [1.807, 2.05) is 6.92 Å². The normalized spacial score (nSPS) is 14.5. The number of carbonyl (C=O) groups excluding carboxylic acids is 1. The van der Waals surface area contributed by atoms with Gasteiger partial charge in [0, 0.05) is 12.5 Å². The highest BCUT2D eigenvalue weighted by Gasteiger charge is 2.19. The van der Waals surface area contributed by atoms with Gasteiger partial charge in [0.05, 0.1) is 6.61 Å². The van der Waals surface area contributed by atoms with Crippen LogP contribution in [-0.4, -0.2) is 40.8 Å². The standard InChI is InChI=1S/C8H16N2O4/c1-2-5(9)3-7(12)10-6(4-11)8(13)14/h5-6,11H,2-4,9H2,1H3,(H,10,12)(H,13,14)/t5?,6-/m0/s1. The molecule has 0 aliphatic rings. The molecule has 82 valence electrons. The fourth-order valence-electron chi connectivity index (χ4n) is 0.821. The molecule has 0 saturated heterocycles. The van der Waals surface area contributed by atoms with Gasteiger partial charge in [-0.05, 0) is 6.42 Å². The van der Waals surface area contributed by atoms with Crippen LogP contribution in [0.2, 0.25) is 0 Å². The molecule has 0 aliphatic carbocycles. The van der Waals surface area contributed by atoms with Gasteiger partial charge in [-0.3, -0.25) is 4.79 Å². The molecule has 2 atom stereocenters. The summed E-state index contributed by atoms with van der Waals surface area (Å²) in [6.07, 6.45) is 0.713. The molecule has 0 aromatic rings. The summed E-state index contributed by atoms with van der Waals surface area (Å²) in [6.45, 7) is 1.21. The number of rotatable bonds is 6. The van der Waals surface area contributed by atoms with Crippen molar-refractivity contribution >= 4 is 11.9 Å². The number of aliphatic carboxylic acids is 1. The zero-order valence-electron chi connectivity index (χ0n) is 8.06. The Balaban J connectivity index is 3.97. The van der Waals surface area contributed by atoms with Crippen molar-refractivity contribution < 1.29 is 19.8 Å². The fraction of sp³-hybridized carbons (Fsp3) is 0.750. The van der Waals surface area contributed by atoms with Gasteiger partial charge in [0.15, 0.2) is 0 Å². The summed E-state index contributed by atoms with van der Waals surface area (Å²) in [5.41, 5.74) is 5.50. The molecule has 14 heavy (non-hydrogen) atoms. The van der Waals surface area contributed by atoms with Crippen LogP contribution in [0.15, 0.2) is 0 Å². The Bertz CT molecular complexity index is 208. The lowest BCUT2D eigenvalue weighted by molar-refractivity contribution is -0.143. The Labute approximate surface area is 82.1 Å². The first-order valence-electron chi connectivity index (χ1n) is 4.39. The molecule has 0 aliphatic heterocycles. The van der Waals surface area contributed by atoms with Gasteiger partial charge in [0.25, 0.3) is 0 Å². The van der Waals surface area contributed by atoms with Gasteiger partial charge in [-0.25, -0.2) is 4.79 Å². The van der Waals surface area contributed by atoms with Gasteiger partial charge < -0.3 is 21.3 Å². The van der Waals surface area contributed by atoms with Crippen LogP contribution >= 0.6 is 0 Å². The number of nitrogens with one attached hydrogen (secondary N) is 1. The van der Waals surface area contributed by atoms with Crippen molar-refractivity contribution in [3.05, 3.63) is 0 Å². The number of carboxylic acids is 1. The lowest BCUT2D eigenvalue weighted by atomic mass is 10.1.